The minimum absolute atomic E-state index is 0.710. The summed E-state index contributed by atoms with van der Waals surface area (Å²) in [4.78, 5) is 15.8. The number of halogens is 3. The number of hydrogen-bond donors (Lipinski definition) is 1. The molecule has 12 heavy (non-hydrogen) atoms. The van der Waals surface area contributed by atoms with Gasteiger partial charge in [-0.1, -0.05) is 0 Å². The van der Waals surface area contributed by atoms with Gasteiger partial charge >= 0.3 is 17.8 Å². The van der Waals surface area contributed by atoms with Crippen LogP contribution in [0.5, 0.6) is 0 Å². The van der Waals surface area contributed by atoms with Crippen molar-refractivity contribution >= 4 is 18.4 Å². The Balaban J connectivity index is 3.14. The van der Waals surface area contributed by atoms with Gasteiger partial charge in [0.15, 0.2) is 0 Å². The van der Waals surface area contributed by atoms with Gasteiger partial charge in [-0.25, -0.2) is 14.8 Å². The Labute approximate surface area is 64.4 Å². The van der Waals surface area contributed by atoms with Crippen molar-refractivity contribution in [1.29, 1.82) is 0 Å². The van der Waals surface area contributed by atoms with Gasteiger partial charge < -0.3 is 5.11 Å². The maximum atomic E-state index is 12.1. The molecule has 0 atom stereocenters. The van der Waals surface area contributed by atoms with Crippen LogP contribution in [0.15, 0.2) is 9.98 Å². The molecule has 0 bridgehead atoms. The average Bonchev–Trinajstić information content (AvgIpc) is 2.31. The fraction of sp³-hybridized carbons (Fsp3) is 0.400. The molecule has 0 radical (unpaired) electrons. The lowest BCUT2D eigenvalue weighted by molar-refractivity contribution is -0.198. The molecule has 66 valence electrons. The van der Waals surface area contributed by atoms with Gasteiger partial charge in [-0.05, 0) is 0 Å². The first-order chi connectivity index (χ1) is 5.40. The molecule has 4 nitrogen and oxygen atoms in total. The Kier molecular flexibility index (Phi) is 1.66. The zero-order valence-corrected chi connectivity index (χ0v) is 5.54. The highest BCUT2D eigenvalue weighted by Crippen LogP contribution is 2.36. The quantitative estimate of drug-likeness (QED) is 0.638. The highest BCUT2D eigenvalue weighted by molar-refractivity contribution is 6.19. The van der Waals surface area contributed by atoms with Gasteiger partial charge in [-0.15, -0.1) is 0 Å². The molecule has 1 heterocycles. The van der Waals surface area contributed by atoms with Crippen molar-refractivity contribution in [2.45, 2.75) is 11.8 Å². The van der Waals surface area contributed by atoms with Crippen LogP contribution in [0.25, 0.3) is 0 Å². The monoisotopic (exact) mass is 180 g/mol. The molecule has 0 saturated heterocycles. The Hall–Kier alpha value is -1.40. The van der Waals surface area contributed by atoms with Crippen LogP contribution in [0.4, 0.5) is 13.2 Å². The zero-order chi connectivity index (χ0) is 9.41. The SMILES string of the molecule is O=C(O)C1(C(F)(F)F)N=CC=N1. The summed E-state index contributed by atoms with van der Waals surface area (Å²) in [6, 6.07) is 0. The minimum atomic E-state index is -5.00. The number of alkyl halides is 3. The van der Waals surface area contributed by atoms with Crippen LogP contribution in [0.3, 0.4) is 0 Å². The van der Waals surface area contributed by atoms with E-state index in [1.165, 1.54) is 0 Å². The van der Waals surface area contributed by atoms with E-state index < -0.39 is 17.8 Å². The van der Waals surface area contributed by atoms with Gasteiger partial charge in [0.1, 0.15) is 0 Å². The molecule has 0 amide bonds. The number of carboxylic acids is 1. The van der Waals surface area contributed by atoms with E-state index in [1.54, 1.807) is 0 Å². The molecule has 1 rings (SSSR count). The first kappa shape index (κ1) is 8.69. The Morgan fingerprint density at radius 3 is 1.92 bits per heavy atom. The predicted molar refractivity (Wildman–Crippen MR) is 33.4 cm³/mol. The van der Waals surface area contributed by atoms with Crippen LogP contribution in [0.1, 0.15) is 0 Å². The summed E-state index contributed by atoms with van der Waals surface area (Å²) >= 11 is 0. The highest BCUT2D eigenvalue weighted by Gasteiger charge is 2.62. The second-order valence-corrected chi connectivity index (χ2v) is 2.03. The number of nitrogens with zero attached hydrogens (tertiary/aromatic N) is 2. The molecule has 0 aliphatic carbocycles. The van der Waals surface area contributed by atoms with Crippen LogP contribution in [0.2, 0.25) is 0 Å². The molecule has 0 fully saturated rings. The van der Waals surface area contributed by atoms with Crippen LogP contribution in [-0.4, -0.2) is 35.3 Å². The molecule has 0 spiro atoms. The number of hydrogen-bond acceptors (Lipinski definition) is 3. The summed E-state index contributed by atoms with van der Waals surface area (Å²) in [6.45, 7) is 0. The van der Waals surface area contributed by atoms with E-state index in [4.69, 9.17) is 5.11 Å². The third-order valence-electron chi connectivity index (χ3n) is 1.28. The lowest BCUT2D eigenvalue weighted by Crippen LogP contribution is -2.47. The van der Waals surface area contributed by atoms with E-state index in [0.29, 0.717) is 12.4 Å². The summed E-state index contributed by atoms with van der Waals surface area (Å²) in [7, 11) is 0. The summed E-state index contributed by atoms with van der Waals surface area (Å²) in [5, 5.41) is 8.25. The molecular formula is C5H3F3N2O2. The maximum absolute atomic E-state index is 12.1. The van der Waals surface area contributed by atoms with Crippen molar-refractivity contribution in [3.05, 3.63) is 0 Å². The van der Waals surface area contributed by atoms with Gasteiger partial charge in [0.25, 0.3) is 0 Å². The van der Waals surface area contributed by atoms with Crippen molar-refractivity contribution in [2.24, 2.45) is 9.98 Å². The molecule has 0 aromatic heterocycles. The van der Waals surface area contributed by atoms with E-state index in [-0.39, 0.29) is 0 Å². The van der Waals surface area contributed by atoms with Crippen molar-refractivity contribution in [3.63, 3.8) is 0 Å². The number of aliphatic imine (C=N–C) groups is 2. The van der Waals surface area contributed by atoms with Gasteiger partial charge in [0.2, 0.25) is 0 Å². The number of aliphatic carboxylic acids is 1. The Bertz CT molecular complexity index is 256. The molecule has 1 N–H and O–H groups in total. The van der Waals surface area contributed by atoms with E-state index in [9.17, 15) is 18.0 Å². The third kappa shape index (κ3) is 0.973. The normalized spacial score (nSPS) is 19.9. The molecule has 1 aliphatic rings. The number of rotatable bonds is 1. The van der Waals surface area contributed by atoms with Gasteiger partial charge in [0, 0.05) is 12.4 Å². The van der Waals surface area contributed by atoms with E-state index >= 15 is 0 Å². The van der Waals surface area contributed by atoms with Crippen molar-refractivity contribution in [2.75, 3.05) is 0 Å². The topological polar surface area (TPSA) is 62.0 Å². The molecule has 0 unspecified atom stereocenters. The van der Waals surface area contributed by atoms with E-state index in [2.05, 4.69) is 9.98 Å². The summed E-state index contributed by atoms with van der Waals surface area (Å²) in [5.74, 6) is -2.12. The highest BCUT2D eigenvalue weighted by atomic mass is 19.4. The fourth-order valence-corrected chi connectivity index (χ4v) is 0.694. The third-order valence-corrected chi connectivity index (χ3v) is 1.28. The summed E-state index contributed by atoms with van der Waals surface area (Å²) < 4.78 is 36.2. The smallest absolute Gasteiger partial charge is 0.445 e. The van der Waals surface area contributed by atoms with Crippen LogP contribution in [0, 0.1) is 0 Å². The lowest BCUT2D eigenvalue weighted by Gasteiger charge is -2.20. The van der Waals surface area contributed by atoms with Crippen LogP contribution in [-0.2, 0) is 4.79 Å². The molecule has 1 aliphatic heterocycles. The van der Waals surface area contributed by atoms with E-state index in [1.807, 2.05) is 0 Å². The van der Waals surface area contributed by atoms with Gasteiger partial charge in [-0.3, -0.25) is 0 Å². The molecule has 7 heteroatoms. The first-order valence-electron chi connectivity index (χ1n) is 2.79. The zero-order valence-electron chi connectivity index (χ0n) is 5.54. The lowest BCUT2D eigenvalue weighted by atomic mass is 10.2. The summed E-state index contributed by atoms with van der Waals surface area (Å²) in [6.07, 6.45) is -3.58. The Morgan fingerprint density at radius 2 is 1.75 bits per heavy atom. The van der Waals surface area contributed by atoms with Crippen LogP contribution >= 0.6 is 0 Å². The molecule has 0 aromatic rings. The largest absolute Gasteiger partial charge is 0.478 e. The van der Waals surface area contributed by atoms with Crippen molar-refractivity contribution in [3.8, 4) is 0 Å². The second-order valence-electron chi connectivity index (χ2n) is 2.03. The van der Waals surface area contributed by atoms with Crippen molar-refractivity contribution < 1.29 is 23.1 Å². The first-order valence-corrected chi connectivity index (χ1v) is 2.79. The molecular weight excluding hydrogens is 177 g/mol. The van der Waals surface area contributed by atoms with E-state index in [0.717, 1.165) is 0 Å². The van der Waals surface area contributed by atoms with Gasteiger partial charge in [0.05, 0.1) is 0 Å². The minimum Gasteiger partial charge on any atom is -0.478 e. The average molecular weight is 180 g/mol. The fourth-order valence-electron chi connectivity index (χ4n) is 0.694. The maximum Gasteiger partial charge on any atom is 0.445 e. The Morgan fingerprint density at radius 1 is 1.33 bits per heavy atom. The second kappa shape index (κ2) is 2.29. The summed E-state index contributed by atoms with van der Waals surface area (Å²) in [5.41, 5.74) is -3.31. The van der Waals surface area contributed by atoms with Crippen molar-refractivity contribution in [1.82, 2.24) is 0 Å². The number of carboxylic acid groups (broad SMARTS) is 1. The molecule has 0 aromatic carbocycles. The van der Waals surface area contributed by atoms with Crippen LogP contribution < -0.4 is 0 Å². The number of carbonyl (C=O) groups is 1. The molecule has 0 saturated carbocycles. The standard InChI is InChI=1S/C5H3F3N2O2/c6-5(7,8)4(3(11)12)9-1-2-10-4/h1-2H,(H,11,12). The van der Waals surface area contributed by atoms with Gasteiger partial charge in [-0.2, -0.15) is 13.2 Å². The predicted octanol–water partition coefficient (Wildman–Crippen LogP) is 0.485.